The van der Waals surface area contributed by atoms with Gasteiger partial charge in [0, 0.05) is 0 Å². The van der Waals surface area contributed by atoms with E-state index in [1.165, 1.54) is 5.57 Å². The zero-order chi connectivity index (χ0) is 6.10. The van der Waals surface area contributed by atoms with Crippen LogP contribution in [0.1, 0.15) is 0 Å². The van der Waals surface area contributed by atoms with Crippen LogP contribution >= 0.6 is 11.8 Å². The van der Waals surface area contributed by atoms with E-state index < -0.39 is 0 Å². The van der Waals surface area contributed by atoms with Crippen LogP contribution in [0.15, 0.2) is 34.7 Å². The molecule has 46 valence electrons. The van der Waals surface area contributed by atoms with Crippen LogP contribution in [0.5, 0.6) is 0 Å². The molecule has 1 unspecified atom stereocenters. The minimum absolute atomic E-state index is 0.464. The molecule has 0 amide bonds. The summed E-state index contributed by atoms with van der Waals surface area (Å²) in [7, 11) is 0. The Kier molecular flexibility index (Phi) is 1.12. The Morgan fingerprint density at radius 1 is 1.56 bits per heavy atom. The highest BCUT2D eigenvalue weighted by Crippen LogP contribution is 2.22. The van der Waals surface area contributed by atoms with Gasteiger partial charge in [0.2, 0.25) is 0 Å². The number of rotatable bonds is 0. The average Bonchev–Trinajstić information content (AvgIpc) is 2.33. The Balaban J connectivity index is 2.29. The molecule has 2 aliphatic heterocycles. The Bertz CT molecular complexity index is 203. The molecule has 1 nitrogen and oxygen atoms in total. The summed E-state index contributed by atoms with van der Waals surface area (Å²) < 4.78 is 0. The van der Waals surface area contributed by atoms with Crippen molar-refractivity contribution < 1.29 is 0 Å². The van der Waals surface area contributed by atoms with Crippen molar-refractivity contribution in [3.63, 3.8) is 0 Å². The van der Waals surface area contributed by atoms with Crippen molar-refractivity contribution in [1.82, 2.24) is 5.32 Å². The van der Waals surface area contributed by atoms with Gasteiger partial charge in [-0.2, -0.15) is 0 Å². The van der Waals surface area contributed by atoms with E-state index in [2.05, 4.69) is 28.3 Å². The first-order valence-electron chi connectivity index (χ1n) is 2.91. The van der Waals surface area contributed by atoms with E-state index in [0.717, 1.165) is 0 Å². The Morgan fingerprint density at radius 2 is 2.56 bits per heavy atom. The summed E-state index contributed by atoms with van der Waals surface area (Å²) in [5.74, 6) is 0. The van der Waals surface area contributed by atoms with Crippen LogP contribution in [0.25, 0.3) is 0 Å². The van der Waals surface area contributed by atoms with E-state index in [1.807, 2.05) is 6.20 Å². The van der Waals surface area contributed by atoms with Gasteiger partial charge in [-0.25, -0.2) is 0 Å². The summed E-state index contributed by atoms with van der Waals surface area (Å²) in [6.07, 6.45) is 6.27. The lowest BCUT2D eigenvalue weighted by atomic mass is 10.2. The topological polar surface area (TPSA) is 12.0 Å². The van der Waals surface area contributed by atoms with Crippen LogP contribution in [0.4, 0.5) is 0 Å². The highest BCUT2D eigenvalue weighted by molar-refractivity contribution is 8.05. The van der Waals surface area contributed by atoms with Gasteiger partial charge in [-0.15, -0.1) is 11.8 Å². The Labute approximate surface area is 58.5 Å². The quantitative estimate of drug-likeness (QED) is 0.544. The molecule has 0 spiro atoms. The van der Waals surface area contributed by atoms with Crippen molar-refractivity contribution >= 4 is 11.8 Å². The Hall–Kier alpha value is -0.630. The minimum atomic E-state index is 0.464. The van der Waals surface area contributed by atoms with Gasteiger partial charge in [-0.05, 0) is 28.7 Å². The first kappa shape index (κ1) is 5.18. The monoisotopic (exact) mass is 137 g/mol. The molecule has 0 aromatic heterocycles. The van der Waals surface area contributed by atoms with Crippen molar-refractivity contribution in [1.29, 1.82) is 0 Å². The molecule has 0 aliphatic carbocycles. The normalized spacial score (nSPS) is 29.3. The van der Waals surface area contributed by atoms with Crippen LogP contribution in [0, 0.1) is 0 Å². The number of hydrogen-bond acceptors (Lipinski definition) is 2. The van der Waals surface area contributed by atoms with E-state index >= 15 is 0 Å². The molecule has 0 radical (unpaired) electrons. The second-order valence-corrected chi connectivity index (χ2v) is 2.84. The lowest BCUT2D eigenvalue weighted by Gasteiger charge is -2.10. The summed E-state index contributed by atoms with van der Waals surface area (Å²) in [5.41, 5.74) is 1.38. The third kappa shape index (κ3) is 0.793. The van der Waals surface area contributed by atoms with Crippen LogP contribution in [0.3, 0.4) is 0 Å². The molecular weight excluding hydrogens is 130 g/mol. The fraction of sp³-hybridized carbons (Fsp3) is 0.143. The maximum atomic E-state index is 3.21. The summed E-state index contributed by atoms with van der Waals surface area (Å²) in [5, 5.41) is 7.48. The largest absolute Gasteiger partial charge is 0.381 e. The van der Waals surface area contributed by atoms with Crippen molar-refractivity contribution in [2.45, 2.75) is 6.04 Å². The predicted molar refractivity (Wildman–Crippen MR) is 40.9 cm³/mol. The highest BCUT2D eigenvalue weighted by atomic mass is 32.2. The molecule has 0 aromatic rings. The SMILES string of the molecule is C1=CC2=CSC=CC2N1. The number of hydrogen-bond donors (Lipinski definition) is 1. The van der Waals surface area contributed by atoms with Gasteiger partial charge >= 0.3 is 0 Å². The molecule has 2 heteroatoms. The summed E-state index contributed by atoms with van der Waals surface area (Å²) in [6.45, 7) is 0. The molecule has 0 saturated carbocycles. The average molecular weight is 137 g/mol. The Morgan fingerprint density at radius 3 is 3.44 bits per heavy atom. The van der Waals surface area contributed by atoms with Crippen molar-refractivity contribution in [2.75, 3.05) is 0 Å². The van der Waals surface area contributed by atoms with Gasteiger partial charge in [-0.3, -0.25) is 0 Å². The van der Waals surface area contributed by atoms with Crippen LogP contribution in [0.2, 0.25) is 0 Å². The molecule has 9 heavy (non-hydrogen) atoms. The second kappa shape index (κ2) is 1.95. The fourth-order valence-electron chi connectivity index (χ4n) is 0.969. The third-order valence-electron chi connectivity index (χ3n) is 1.46. The zero-order valence-corrected chi connectivity index (χ0v) is 5.69. The maximum Gasteiger partial charge on any atom is 0.0706 e. The molecule has 0 aromatic carbocycles. The van der Waals surface area contributed by atoms with E-state index in [9.17, 15) is 0 Å². The van der Waals surface area contributed by atoms with Gasteiger partial charge in [0.05, 0.1) is 6.04 Å². The first-order valence-corrected chi connectivity index (χ1v) is 3.86. The van der Waals surface area contributed by atoms with Crippen LogP contribution in [-0.2, 0) is 0 Å². The molecule has 2 rings (SSSR count). The van der Waals surface area contributed by atoms with E-state index in [0.29, 0.717) is 6.04 Å². The lowest BCUT2D eigenvalue weighted by Crippen LogP contribution is -2.18. The van der Waals surface area contributed by atoms with Crippen molar-refractivity contribution in [3.8, 4) is 0 Å². The smallest absolute Gasteiger partial charge is 0.0706 e. The molecular formula is C7H7NS. The fourth-order valence-corrected chi connectivity index (χ4v) is 1.68. The number of thioether (sulfide) groups is 1. The minimum Gasteiger partial charge on any atom is -0.381 e. The first-order chi connectivity index (χ1) is 4.47. The van der Waals surface area contributed by atoms with E-state index in [4.69, 9.17) is 0 Å². The van der Waals surface area contributed by atoms with Crippen LogP contribution in [-0.4, -0.2) is 6.04 Å². The highest BCUT2D eigenvalue weighted by Gasteiger charge is 2.13. The standard InChI is InChI=1S/C7H7NS/c1-3-8-7-2-4-9-5-6(1)7/h1-5,7-8H. The van der Waals surface area contributed by atoms with Gasteiger partial charge in [0.25, 0.3) is 0 Å². The second-order valence-electron chi connectivity index (χ2n) is 2.06. The zero-order valence-electron chi connectivity index (χ0n) is 4.87. The maximum absolute atomic E-state index is 3.21. The van der Waals surface area contributed by atoms with Crippen molar-refractivity contribution in [2.24, 2.45) is 0 Å². The van der Waals surface area contributed by atoms with Gasteiger partial charge in [0.1, 0.15) is 0 Å². The summed E-state index contributed by atoms with van der Waals surface area (Å²) in [4.78, 5) is 0. The predicted octanol–water partition coefficient (Wildman–Crippen LogP) is 1.62. The summed E-state index contributed by atoms with van der Waals surface area (Å²) in [6, 6.07) is 0.464. The molecule has 0 fully saturated rings. The van der Waals surface area contributed by atoms with Gasteiger partial charge in [0.15, 0.2) is 0 Å². The molecule has 2 heterocycles. The molecule has 1 N–H and O–H groups in total. The lowest BCUT2D eigenvalue weighted by molar-refractivity contribution is 0.851. The van der Waals surface area contributed by atoms with Gasteiger partial charge < -0.3 is 5.32 Å². The molecule has 0 saturated heterocycles. The number of fused-ring (bicyclic) bond motifs is 1. The molecule has 1 atom stereocenters. The third-order valence-corrected chi connectivity index (χ3v) is 2.19. The van der Waals surface area contributed by atoms with E-state index in [-0.39, 0.29) is 0 Å². The van der Waals surface area contributed by atoms with Gasteiger partial charge in [-0.1, -0.05) is 6.08 Å². The molecule has 0 bridgehead atoms. The number of nitrogens with one attached hydrogen (secondary N) is 1. The van der Waals surface area contributed by atoms with E-state index in [1.54, 1.807) is 11.8 Å². The van der Waals surface area contributed by atoms with Crippen LogP contribution < -0.4 is 5.32 Å². The van der Waals surface area contributed by atoms with Crippen molar-refractivity contribution in [3.05, 3.63) is 34.7 Å². The molecule has 2 aliphatic rings. The summed E-state index contributed by atoms with van der Waals surface area (Å²) >= 11 is 1.74.